The second kappa shape index (κ2) is 4.59. The van der Waals surface area contributed by atoms with Gasteiger partial charge in [-0.15, -0.1) is 0 Å². The van der Waals surface area contributed by atoms with Gasteiger partial charge < -0.3 is 10.2 Å². The molecule has 0 amide bonds. The second-order valence-corrected chi connectivity index (χ2v) is 6.54. The van der Waals surface area contributed by atoms with Crippen molar-refractivity contribution in [3.8, 4) is 0 Å². The molecule has 1 aromatic heterocycles. The lowest BCUT2D eigenvalue weighted by Crippen LogP contribution is -2.16. The summed E-state index contributed by atoms with van der Waals surface area (Å²) in [6.45, 7) is 5.69. The van der Waals surface area contributed by atoms with Gasteiger partial charge in [0.25, 0.3) is 0 Å². The van der Waals surface area contributed by atoms with Crippen LogP contribution in [0, 0.1) is 20.8 Å². The number of sulfone groups is 1. The van der Waals surface area contributed by atoms with Crippen molar-refractivity contribution >= 4 is 9.84 Å². The summed E-state index contributed by atoms with van der Waals surface area (Å²) in [6.07, 6.45) is 1.65. The molecule has 0 saturated carbocycles. The molecule has 0 aliphatic carbocycles. The number of hydrogen-bond acceptors (Lipinski definition) is 4. The summed E-state index contributed by atoms with van der Waals surface area (Å²) in [6, 6.07) is -0.271. The Hall–Kier alpha value is -0.810. The molecular weight excluding hydrogens is 226 g/mol. The maximum atomic E-state index is 11.1. The molecule has 0 bridgehead atoms. The van der Waals surface area contributed by atoms with Crippen LogP contribution >= 0.6 is 0 Å². The van der Waals surface area contributed by atoms with Crippen LogP contribution in [0.3, 0.4) is 0 Å². The zero-order valence-electron chi connectivity index (χ0n) is 10.2. The van der Waals surface area contributed by atoms with Crippen molar-refractivity contribution in [2.75, 3.05) is 12.0 Å². The fourth-order valence-electron chi connectivity index (χ4n) is 1.84. The highest BCUT2D eigenvalue weighted by Gasteiger charge is 2.18. The molecule has 0 aliphatic heterocycles. The monoisotopic (exact) mass is 245 g/mol. The van der Waals surface area contributed by atoms with Gasteiger partial charge in [-0.2, -0.15) is 0 Å². The molecule has 0 saturated heterocycles. The molecular formula is C11H19NO3S. The van der Waals surface area contributed by atoms with Crippen LogP contribution in [0.15, 0.2) is 4.42 Å². The fourth-order valence-corrected chi connectivity index (χ4v) is 2.52. The summed E-state index contributed by atoms with van der Waals surface area (Å²) in [5, 5.41) is 0. The number of furan rings is 1. The molecule has 4 nitrogen and oxygen atoms in total. The van der Waals surface area contributed by atoms with Gasteiger partial charge in [0.05, 0.1) is 5.75 Å². The van der Waals surface area contributed by atoms with Gasteiger partial charge in [0, 0.05) is 17.9 Å². The van der Waals surface area contributed by atoms with Crippen molar-refractivity contribution in [2.45, 2.75) is 33.2 Å². The van der Waals surface area contributed by atoms with Gasteiger partial charge in [0.15, 0.2) is 0 Å². The highest BCUT2D eigenvalue weighted by atomic mass is 32.2. The standard InChI is InChI=1S/C11H19NO3S/c1-7-8(2)15-9(3)11(7)10(12)5-6-16(4,13)14/h10H,5-6,12H2,1-4H3. The van der Waals surface area contributed by atoms with Crippen LogP contribution in [0.5, 0.6) is 0 Å². The Morgan fingerprint density at radius 2 is 1.81 bits per heavy atom. The molecule has 0 spiro atoms. The molecule has 0 aliphatic rings. The maximum Gasteiger partial charge on any atom is 0.147 e. The summed E-state index contributed by atoms with van der Waals surface area (Å²) in [4.78, 5) is 0. The van der Waals surface area contributed by atoms with E-state index in [0.29, 0.717) is 6.42 Å². The van der Waals surface area contributed by atoms with Gasteiger partial charge in [0.1, 0.15) is 21.4 Å². The largest absolute Gasteiger partial charge is 0.466 e. The second-order valence-electron chi connectivity index (χ2n) is 4.28. The quantitative estimate of drug-likeness (QED) is 0.875. The average Bonchev–Trinajstić information content (AvgIpc) is 2.36. The van der Waals surface area contributed by atoms with Crippen molar-refractivity contribution < 1.29 is 12.8 Å². The Morgan fingerprint density at radius 1 is 1.25 bits per heavy atom. The molecule has 5 heteroatoms. The third kappa shape index (κ3) is 3.09. The topological polar surface area (TPSA) is 73.3 Å². The van der Waals surface area contributed by atoms with Gasteiger partial charge in [-0.1, -0.05) is 0 Å². The highest BCUT2D eigenvalue weighted by Crippen LogP contribution is 2.27. The van der Waals surface area contributed by atoms with Crippen molar-refractivity contribution in [1.82, 2.24) is 0 Å². The molecule has 1 atom stereocenters. The van der Waals surface area contributed by atoms with Crippen LogP contribution in [0.25, 0.3) is 0 Å². The van der Waals surface area contributed by atoms with Crippen LogP contribution in [-0.2, 0) is 9.84 Å². The summed E-state index contributed by atoms with van der Waals surface area (Å²) in [5.41, 5.74) is 7.96. The van der Waals surface area contributed by atoms with Gasteiger partial charge >= 0.3 is 0 Å². The Bertz CT molecular complexity index is 474. The lowest BCUT2D eigenvalue weighted by atomic mass is 10.0. The molecule has 0 radical (unpaired) electrons. The number of rotatable bonds is 4. The van der Waals surface area contributed by atoms with E-state index in [1.807, 2.05) is 20.8 Å². The van der Waals surface area contributed by atoms with Crippen molar-refractivity contribution in [3.05, 3.63) is 22.6 Å². The van der Waals surface area contributed by atoms with Crippen LogP contribution in [0.2, 0.25) is 0 Å². The summed E-state index contributed by atoms with van der Waals surface area (Å²) in [5.74, 6) is 1.75. The van der Waals surface area contributed by atoms with Crippen LogP contribution < -0.4 is 5.73 Å². The predicted octanol–water partition coefficient (Wildman–Crippen LogP) is 1.64. The molecule has 1 aromatic rings. The highest BCUT2D eigenvalue weighted by molar-refractivity contribution is 7.90. The maximum absolute atomic E-state index is 11.1. The Kier molecular flexibility index (Phi) is 3.80. The third-order valence-electron chi connectivity index (χ3n) is 2.79. The molecule has 0 fully saturated rings. The molecule has 1 heterocycles. The number of aryl methyl sites for hydroxylation is 2. The minimum absolute atomic E-state index is 0.108. The van der Waals surface area contributed by atoms with Crippen molar-refractivity contribution in [3.63, 3.8) is 0 Å². The number of hydrogen-bond donors (Lipinski definition) is 1. The van der Waals surface area contributed by atoms with Crippen molar-refractivity contribution in [2.24, 2.45) is 5.73 Å². The fraction of sp³-hybridized carbons (Fsp3) is 0.636. The van der Waals surface area contributed by atoms with E-state index < -0.39 is 9.84 Å². The van der Waals surface area contributed by atoms with E-state index >= 15 is 0 Å². The SMILES string of the molecule is Cc1oc(C)c(C(N)CCS(C)(=O)=O)c1C. The third-order valence-corrected chi connectivity index (χ3v) is 3.77. The van der Waals surface area contributed by atoms with E-state index in [1.165, 1.54) is 6.26 Å². The van der Waals surface area contributed by atoms with Crippen LogP contribution in [0.1, 0.15) is 35.1 Å². The summed E-state index contributed by atoms with van der Waals surface area (Å²) in [7, 11) is -2.96. The zero-order chi connectivity index (χ0) is 12.5. The van der Waals surface area contributed by atoms with Crippen LogP contribution in [-0.4, -0.2) is 20.4 Å². The minimum Gasteiger partial charge on any atom is -0.466 e. The molecule has 16 heavy (non-hydrogen) atoms. The zero-order valence-corrected chi connectivity index (χ0v) is 11.0. The van der Waals surface area contributed by atoms with E-state index in [-0.39, 0.29) is 11.8 Å². The molecule has 0 aromatic carbocycles. The summed E-state index contributed by atoms with van der Waals surface area (Å²) >= 11 is 0. The van der Waals surface area contributed by atoms with E-state index in [2.05, 4.69) is 0 Å². The Labute approximate surface area is 96.7 Å². The first-order valence-corrected chi connectivity index (χ1v) is 7.28. The van der Waals surface area contributed by atoms with E-state index in [1.54, 1.807) is 0 Å². The normalized spacial score (nSPS) is 14.1. The van der Waals surface area contributed by atoms with Gasteiger partial charge in [-0.25, -0.2) is 8.42 Å². The van der Waals surface area contributed by atoms with Gasteiger partial charge in [0.2, 0.25) is 0 Å². The lowest BCUT2D eigenvalue weighted by Gasteiger charge is -2.11. The Balaban J connectivity index is 2.85. The molecule has 2 N–H and O–H groups in total. The predicted molar refractivity (Wildman–Crippen MR) is 64.2 cm³/mol. The molecule has 92 valence electrons. The number of nitrogens with two attached hydrogens (primary N) is 1. The minimum atomic E-state index is -2.96. The molecule has 1 rings (SSSR count). The summed E-state index contributed by atoms with van der Waals surface area (Å²) < 4.78 is 27.6. The Morgan fingerprint density at radius 3 is 2.19 bits per heavy atom. The first-order chi connectivity index (χ1) is 7.22. The van der Waals surface area contributed by atoms with Crippen LogP contribution in [0.4, 0.5) is 0 Å². The first kappa shape index (κ1) is 13.3. The van der Waals surface area contributed by atoms with Gasteiger partial charge in [-0.05, 0) is 32.8 Å². The average molecular weight is 245 g/mol. The van der Waals surface area contributed by atoms with E-state index in [4.69, 9.17) is 10.2 Å². The molecule has 1 unspecified atom stereocenters. The van der Waals surface area contributed by atoms with E-state index in [0.717, 1.165) is 22.6 Å². The lowest BCUT2D eigenvalue weighted by molar-refractivity contribution is 0.495. The smallest absolute Gasteiger partial charge is 0.147 e. The first-order valence-electron chi connectivity index (χ1n) is 5.22. The van der Waals surface area contributed by atoms with Gasteiger partial charge in [-0.3, -0.25) is 0 Å². The van der Waals surface area contributed by atoms with Crippen molar-refractivity contribution in [1.29, 1.82) is 0 Å². The van der Waals surface area contributed by atoms with E-state index in [9.17, 15) is 8.42 Å².